The van der Waals surface area contributed by atoms with Crippen LogP contribution in [0.25, 0.3) is 0 Å². The molecule has 0 fully saturated rings. The second-order valence-corrected chi connectivity index (χ2v) is 7.46. The Balaban J connectivity index is 2.06. The minimum absolute atomic E-state index is 0.0669. The lowest BCUT2D eigenvalue weighted by Crippen LogP contribution is -2.26. The van der Waals surface area contributed by atoms with E-state index >= 15 is 0 Å². The topological polar surface area (TPSA) is 67.9 Å². The van der Waals surface area contributed by atoms with Crippen molar-refractivity contribution in [1.29, 1.82) is 0 Å². The van der Waals surface area contributed by atoms with Gasteiger partial charge < -0.3 is 14.4 Å². The maximum Gasteiger partial charge on any atom is 0.244 e. The molecule has 0 atom stereocenters. The van der Waals surface area contributed by atoms with Crippen LogP contribution in [0.1, 0.15) is 5.56 Å². The van der Waals surface area contributed by atoms with Crippen LogP contribution in [0.3, 0.4) is 0 Å². The highest BCUT2D eigenvalue weighted by atomic mass is 32.2. The lowest BCUT2D eigenvalue weighted by Gasteiger charge is -2.13. The molecular formula is C18H24N2O4S. The molecule has 25 heavy (non-hydrogen) atoms. The van der Waals surface area contributed by atoms with Gasteiger partial charge in [-0.15, -0.1) is 0 Å². The maximum absolute atomic E-state index is 12.6. The third kappa shape index (κ3) is 4.87. The van der Waals surface area contributed by atoms with Crippen LogP contribution in [-0.4, -0.2) is 43.3 Å². The zero-order valence-electron chi connectivity index (χ0n) is 14.9. The molecule has 7 heteroatoms. The molecule has 2 aromatic carbocycles. The average Bonchev–Trinajstić information content (AvgIpc) is 2.61. The largest absolute Gasteiger partial charge is 0.497 e. The van der Waals surface area contributed by atoms with Crippen LogP contribution in [0.15, 0.2) is 47.4 Å². The van der Waals surface area contributed by atoms with Gasteiger partial charge in [0.05, 0.1) is 14.2 Å². The van der Waals surface area contributed by atoms with E-state index in [0.717, 1.165) is 11.3 Å². The van der Waals surface area contributed by atoms with Gasteiger partial charge in [0, 0.05) is 32.4 Å². The summed E-state index contributed by atoms with van der Waals surface area (Å²) in [6.45, 7) is 0.296. The fourth-order valence-corrected chi connectivity index (χ4v) is 3.58. The Morgan fingerprint density at radius 2 is 1.68 bits per heavy atom. The molecule has 2 aromatic rings. The van der Waals surface area contributed by atoms with Crippen molar-refractivity contribution in [3.05, 3.63) is 48.0 Å². The van der Waals surface area contributed by atoms with Gasteiger partial charge in [-0.3, -0.25) is 0 Å². The Hall–Kier alpha value is -2.25. The molecule has 6 nitrogen and oxygen atoms in total. The summed E-state index contributed by atoms with van der Waals surface area (Å²) in [7, 11) is 3.19. The van der Waals surface area contributed by atoms with Crippen LogP contribution in [0.4, 0.5) is 5.69 Å². The molecule has 136 valence electrons. The van der Waals surface area contributed by atoms with Crippen molar-refractivity contribution in [3.63, 3.8) is 0 Å². The molecular weight excluding hydrogens is 340 g/mol. The standard InChI is InChI=1S/C18H24N2O4S/c1-20(2)15-7-5-14(6-8-15)11-12-19-25(21,22)18-13-16(23-3)9-10-17(18)24-4/h5-10,13,19H,11-12H2,1-4H3. The molecule has 1 N–H and O–H groups in total. The summed E-state index contributed by atoms with van der Waals surface area (Å²) in [5.74, 6) is 0.740. The van der Waals surface area contributed by atoms with E-state index in [0.29, 0.717) is 18.7 Å². The highest BCUT2D eigenvalue weighted by molar-refractivity contribution is 7.89. The van der Waals surface area contributed by atoms with Crippen LogP contribution in [0, 0.1) is 0 Å². The van der Waals surface area contributed by atoms with Gasteiger partial charge >= 0.3 is 0 Å². The van der Waals surface area contributed by atoms with Crippen LogP contribution < -0.4 is 19.1 Å². The smallest absolute Gasteiger partial charge is 0.244 e. The normalized spacial score (nSPS) is 11.2. The molecule has 0 unspecified atom stereocenters. The summed E-state index contributed by atoms with van der Waals surface area (Å²) in [5, 5.41) is 0. The van der Waals surface area contributed by atoms with E-state index in [2.05, 4.69) is 4.72 Å². The molecule has 0 radical (unpaired) electrons. The summed E-state index contributed by atoms with van der Waals surface area (Å²) >= 11 is 0. The molecule has 2 rings (SSSR count). The van der Waals surface area contributed by atoms with Gasteiger partial charge in [-0.1, -0.05) is 12.1 Å². The van der Waals surface area contributed by atoms with E-state index in [-0.39, 0.29) is 10.6 Å². The van der Waals surface area contributed by atoms with Gasteiger partial charge in [-0.25, -0.2) is 13.1 Å². The summed E-state index contributed by atoms with van der Waals surface area (Å²) in [6.07, 6.45) is 0.596. The van der Waals surface area contributed by atoms with E-state index < -0.39 is 10.0 Å². The quantitative estimate of drug-likeness (QED) is 0.778. The van der Waals surface area contributed by atoms with E-state index in [1.165, 1.54) is 20.3 Å². The second kappa shape index (κ2) is 8.22. The van der Waals surface area contributed by atoms with Crippen molar-refractivity contribution >= 4 is 15.7 Å². The predicted molar refractivity (Wildman–Crippen MR) is 99.2 cm³/mol. The van der Waals surface area contributed by atoms with Gasteiger partial charge in [0.25, 0.3) is 0 Å². The Kier molecular flexibility index (Phi) is 6.27. The summed E-state index contributed by atoms with van der Waals surface area (Å²) in [5.41, 5.74) is 2.16. The molecule has 0 saturated carbocycles. The van der Waals surface area contributed by atoms with Gasteiger partial charge in [-0.2, -0.15) is 0 Å². The first-order valence-corrected chi connectivity index (χ1v) is 9.33. The molecule has 0 aromatic heterocycles. The first-order valence-electron chi connectivity index (χ1n) is 7.85. The number of hydrogen-bond acceptors (Lipinski definition) is 5. The van der Waals surface area contributed by atoms with Crippen molar-refractivity contribution in [3.8, 4) is 11.5 Å². The molecule has 0 spiro atoms. The zero-order chi connectivity index (χ0) is 18.4. The number of benzene rings is 2. The number of methoxy groups -OCH3 is 2. The molecule has 0 amide bonds. The molecule has 0 aliphatic rings. The van der Waals surface area contributed by atoms with Crippen LogP contribution in [-0.2, 0) is 16.4 Å². The molecule has 0 aliphatic heterocycles. The van der Waals surface area contributed by atoms with Gasteiger partial charge in [0.15, 0.2) is 0 Å². The van der Waals surface area contributed by atoms with E-state index in [1.54, 1.807) is 12.1 Å². The highest BCUT2D eigenvalue weighted by Crippen LogP contribution is 2.27. The van der Waals surface area contributed by atoms with Crippen molar-refractivity contribution in [2.24, 2.45) is 0 Å². The lowest BCUT2D eigenvalue weighted by atomic mass is 10.1. The summed E-state index contributed by atoms with van der Waals surface area (Å²) in [6, 6.07) is 12.7. The van der Waals surface area contributed by atoms with Crippen molar-refractivity contribution in [1.82, 2.24) is 4.72 Å². The fourth-order valence-electron chi connectivity index (χ4n) is 2.36. The monoisotopic (exact) mass is 364 g/mol. The van der Waals surface area contributed by atoms with Crippen molar-refractivity contribution in [2.45, 2.75) is 11.3 Å². The third-order valence-electron chi connectivity index (χ3n) is 3.82. The highest BCUT2D eigenvalue weighted by Gasteiger charge is 2.20. The zero-order valence-corrected chi connectivity index (χ0v) is 15.8. The number of nitrogens with one attached hydrogen (secondary N) is 1. The fraction of sp³-hybridized carbons (Fsp3) is 0.333. The number of ether oxygens (including phenoxy) is 2. The molecule has 0 heterocycles. The number of nitrogens with zero attached hydrogens (tertiary/aromatic N) is 1. The number of anilines is 1. The Morgan fingerprint density at radius 1 is 1.00 bits per heavy atom. The second-order valence-electron chi connectivity index (χ2n) is 5.73. The van der Waals surface area contributed by atoms with Crippen LogP contribution >= 0.6 is 0 Å². The molecule has 0 aliphatic carbocycles. The summed E-state index contributed by atoms with van der Waals surface area (Å²) in [4.78, 5) is 2.08. The van der Waals surface area contributed by atoms with E-state index in [4.69, 9.17) is 9.47 Å². The minimum atomic E-state index is -3.69. The predicted octanol–water partition coefficient (Wildman–Crippen LogP) is 2.29. The van der Waals surface area contributed by atoms with E-state index in [1.807, 2.05) is 43.3 Å². The Morgan fingerprint density at radius 3 is 2.24 bits per heavy atom. The van der Waals surface area contributed by atoms with Gasteiger partial charge in [0.2, 0.25) is 10.0 Å². The maximum atomic E-state index is 12.6. The average molecular weight is 364 g/mol. The third-order valence-corrected chi connectivity index (χ3v) is 5.30. The molecule has 0 saturated heterocycles. The van der Waals surface area contributed by atoms with E-state index in [9.17, 15) is 8.42 Å². The number of rotatable bonds is 8. The Labute approximate surface area is 149 Å². The first-order chi connectivity index (χ1) is 11.9. The van der Waals surface area contributed by atoms with Gasteiger partial charge in [0.1, 0.15) is 16.4 Å². The number of hydrogen-bond donors (Lipinski definition) is 1. The SMILES string of the molecule is COc1ccc(OC)c(S(=O)(=O)NCCc2ccc(N(C)C)cc2)c1. The van der Waals surface area contributed by atoms with Crippen molar-refractivity contribution < 1.29 is 17.9 Å². The number of sulfonamides is 1. The van der Waals surface area contributed by atoms with Crippen LogP contribution in [0.2, 0.25) is 0 Å². The Bertz CT molecular complexity index is 802. The summed E-state index contributed by atoms with van der Waals surface area (Å²) < 4.78 is 38.0. The minimum Gasteiger partial charge on any atom is -0.497 e. The van der Waals surface area contributed by atoms with Crippen molar-refractivity contribution in [2.75, 3.05) is 39.8 Å². The molecule has 0 bridgehead atoms. The first kappa shape index (κ1) is 19.1. The van der Waals surface area contributed by atoms with Gasteiger partial charge in [-0.05, 0) is 36.2 Å². The van der Waals surface area contributed by atoms with Crippen LogP contribution in [0.5, 0.6) is 11.5 Å². The lowest BCUT2D eigenvalue weighted by molar-refractivity contribution is 0.392.